The molecule has 4 rings (SSSR count). The number of rotatable bonds is 3. The van der Waals surface area contributed by atoms with Crippen LogP contribution in [0.3, 0.4) is 0 Å². The first-order valence-corrected chi connectivity index (χ1v) is 7.91. The summed E-state index contributed by atoms with van der Waals surface area (Å²) in [5, 5.41) is 11.5. The van der Waals surface area contributed by atoms with Crippen molar-refractivity contribution in [2.75, 3.05) is 31.8 Å². The van der Waals surface area contributed by atoms with Crippen LogP contribution in [-0.2, 0) is 13.0 Å². The lowest BCUT2D eigenvalue weighted by Crippen LogP contribution is -2.27. The fourth-order valence-electron chi connectivity index (χ4n) is 3.27. The Morgan fingerprint density at radius 1 is 1.29 bits per heavy atom. The lowest BCUT2D eigenvalue weighted by atomic mass is 9.97. The minimum atomic E-state index is 0.585. The van der Waals surface area contributed by atoms with Gasteiger partial charge in [0.15, 0.2) is 5.65 Å². The van der Waals surface area contributed by atoms with Crippen molar-refractivity contribution in [2.24, 2.45) is 0 Å². The van der Waals surface area contributed by atoms with Gasteiger partial charge in [-0.15, -0.1) is 0 Å². The number of aromatic amines is 1. The number of benzene rings is 1. The molecule has 0 atom stereocenters. The van der Waals surface area contributed by atoms with Crippen molar-refractivity contribution in [1.82, 2.24) is 20.1 Å². The zero-order valence-electron chi connectivity index (χ0n) is 13.8. The van der Waals surface area contributed by atoms with Crippen LogP contribution in [0.25, 0.3) is 11.0 Å². The van der Waals surface area contributed by atoms with Gasteiger partial charge in [0.25, 0.3) is 0 Å². The van der Waals surface area contributed by atoms with Crippen molar-refractivity contribution < 1.29 is 4.74 Å². The molecule has 1 aromatic carbocycles. The predicted octanol–water partition coefficient (Wildman–Crippen LogP) is 2.28. The number of fused-ring (bicyclic) bond motifs is 3. The highest BCUT2D eigenvalue weighted by Crippen LogP contribution is 2.35. The molecule has 0 amide bonds. The van der Waals surface area contributed by atoms with E-state index in [9.17, 15) is 0 Å². The van der Waals surface area contributed by atoms with E-state index in [2.05, 4.69) is 27.5 Å². The number of ether oxygens (including phenoxy) is 1. The summed E-state index contributed by atoms with van der Waals surface area (Å²) >= 11 is 0. The van der Waals surface area contributed by atoms with Gasteiger partial charge in [0, 0.05) is 18.7 Å². The Balaban J connectivity index is 1.87. The topological polar surface area (TPSA) is 92.1 Å². The van der Waals surface area contributed by atoms with Gasteiger partial charge in [-0.2, -0.15) is 5.10 Å². The van der Waals surface area contributed by atoms with Crippen LogP contribution >= 0.6 is 0 Å². The maximum atomic E-state index is 6.07. The lowest BCUT2D eigenvalue weighted by molar-refractivity contribution is 0.314. The monoisotopic (exact) mass is 324 g/mol. The fourth-order valence-corrected chi connectivity index (χ4v) is 3.27. The van der Waals surface area contributed by atoms with Crippen molar-refractivity contribution in [3.8, 4) is 5.75 Å². The molecule has 3 aromatic rings. The Morgan fingerprint density at radius 3 is 2.96 bits per heavy atom. The molecule has 0 spiro atoms. The molecular weight excluding hydrogens is 304 g/mol. The van der Waals surface area contributed by atoms with Crippen LogP contribution < -0.4 is 15.8 Å². The molecule has 124 valence electrons. The van der Waals surface area contributed by atoms with E-state index >= 15 is 0 Å². The second kappa shape index (κ2) is 5.68. The van der Waals surface area contributed by atoms with Crippen molar-refractivity contribution in [3.63, 3.8) is 0 Å². The third kappa shape index (κ3) is 2.33. The standard InChI is InChI=1S/C17H20N6O/c1-23-8-7-10-11(9-23)16(20-17-14(10)15(18)21-22-17)19-12-5-3-4-6-13(12)24-2/h3-6H,7-9H2,1-2H3,(H4,18,19,20,21,22). The summed E-state index contributed by atoms with van der Waals surface area (Å²) in [5.74, 6) is 2.17. The summed E-state index contributed by atoms with van der Waals surface area (Å²) in [6.45, 7) is 1.81. The average molecular weight is 324 g/mol. The Hall–Kier alpha value is -2.80. The van der Waals surface area contributed by atoms with E-state index < -0.39 is 0 Å². The Bertz CT molecular complexity index is 903. The maximum Gasteiger partial charge on any atom is 0.185 e. The second-order valence-electron chi connectivity index (χ2n) is 6.07. The van der Waals surface area contributed by atoms with Crippen LogP contribution in [-0.4, -0.2) is 40.8 Å². The lowest BCUT2D eigenvalue weighted by Gasteiger charge is -2.27. The summed E-state index contributed by atoms with van der Waals surface area (Å²) < 4.78 is 5.43. The molecule has 0 saturated heterocycles. The first-order chi connectivity index (χ1) is 11.7. The number of H-pyrrole nitrogens is 1. The smallest absolute Gasteiger partial charge is 0.185 e. The predicted molar refractivity (Wildman–Crippen MR) is 94.6 cm³/mol. The summed E-state index contributed by atoms with van der Waals surface area (Å²) in [4.78, 5) is 6.98. The van der Waals surface area contributed by atoms with Crippen molar-refractivity contribution in [3.05, 3.63) is 35.4 Å². The number of nitrogens with one attached hydrogen (secondary N) is 2. The van der Waals surface area contributed by atoms with Gasteiger partial charge in [-0.25, -0.2) is 4.98 Å². The van der Waals surface area contributed by atoms with Crippen LogP contribution in [0.2, 0.25) is 0 Å². The van der Waals surface area contributed by atoms with Gasteiger partial charge in [-0.3, -0.25) is 5.10 Å². The Morgan fingerprint density at radius 2 is 2.12 bits per heavy atom. The van der Waals surface area contributed by atoms with E-state index in [1.54, 1.807) is 7.11 Å². The Kier molecular flexibility index (Phi) is 3.50. The largest absolute Gasteiger partial charge is 0.495 e. The van der Waals surface area contributed by atoms with Gasteiger partial charge in [-0.1, -0.05) is 12.1 Å². The number of anilines is 3. The quantitative estimate of drug-likeness (QED) is 0.684. The van der Waals surface area contributed by atoms with Gasteiger partial charge < -0.3 is 20.7 Å². The number of hydrogen-bond acceptors (Lipinski definition) is 6. The maximum absolute atomic E-state index is 6.07. The number of aromatic nitrogens is 3. The fraction of sp³-hybridized carbons (Fsp3) is 0.294. The molecule has 0 aliphatic carbocycles. The van der Waals surface area contributed by atoms with Crippen molar-refractivity contribution >= 4 is 28.4 Å². The van der Waals surface area contributed by atoms with Crippen LogP contribution in [0.1, 0.15) is 11.1 Å². The number of methoxy groups -OCH3 is 1. The van der Waals surface area contributed by atoms with E-state index in [1.807, 2.05) is 24.3 Å². The summed E-state index contributed by atoms with van der Waals surface area (Å²) in [6.07, 6.45) is 0.926. The van der Waals surface area contributed by atoms with E-state index in [4.69, 9.17) is 15.5 Å². The number of nitrogens with two attached hydrogens (primary N) is 1. The molecule has 0 bridgehead atoms. The first-order valence-electron chi connectivity index (χ1n) is 7.91. The third-order valence-electron chi connectivity index (χ3n) is 4.48. The highest BCUT2D eigenvalue weighted by molar-refractivity contribution is 5.92. The van der Waals surface area contributed by atoms with Gasteiger partial charge in [0.05, 0.1) is 18.2 Å². The molecule has 3 heterocycles. The molecule has 1 aliphatic heterocycles. The SMILES string of the molecule is COc1ccccc1Nc1nc2n[nH]c(N)c2c2c1CN(C)CC2. The molecular formula is C17H20N6O. The van der Waals surface area contributed by atoms with Crippen molar-refractivity contribution in [2.45, 2.75) is 13.0 Å². The summed E-state index contributed by atoms with van der Waals surface area (Å²) in [6, 6.07) is 7.81. The zero-order valence-corrected chi connectivity index (χ0v) is 13.8. The van der Waals surface area contributed by atoms with Gasteiger partial charge in [0.1, 0.15) is 17.4 Å². The molecule has 24 heavy (non-hydrogen) atoms. The van der Waals surface area contributed by atoms with Crippen LogP contribution in [0.15, 0.2) is 24.3 Å². The molecule has 0 saturated carbocycles. The second-order valence-corrected chi connectivity index (χ2v) is 6.07. The molecule has 4 N–H and O–H groups in total. The highest BCUT2D eigenvalue weighted by Gasteiger charge is 2.24. The van der Waals surface area contributed by atoms with Crippen LogP contribution in [0.5, 0.6) is 5.75 Å². The number of hydrogen-bond donors (Lipinski definition) is 3. The molecule has 0 fully saturated rings. The molecule has 0 unspecified atom stereocenters. The number of pyridine rings is 1. The number of likely N-dealkylation sites (N-methyl/N-ethyl adjacent to an activating group) is 1. The molecule has 0 radical (unpaired) electrons. The van der Waals surface area contributed by atoms with Gasteiger partial charge in [0.2, 0.25) is 0 Å². The number of nitrogens with zero attached hydrogens (tertiary/aromatic N) is 3. The molecule has 2 aromatic heterocycles. The first kappa shape index (κ1) is 14.8. The van der Waals surface area contributed by atoms with E-state index in [-0.39, 0.29) is 0 Å². The van der Waals surface area contributed by atoms with Crippen LogP contribution in [0, 0.1) is 0 Å². The Labute approximate surface area is 139 Å². The molecule has 7 nitrogen and oxygen atoms in total. The molecule has 7 heteroatoms. The zero-order chi connectivity index (χ0) is 16.7. The van der Waals surface area contributed by atoms with Crippen LogP contribution in [0.4, 0.5) is 17.3 Å². The minimum Gasteiger partial charge on any atom is -0.495 e. The van der Waals surface area contributed by atoms with E-state index in [1.165, 1.54) is 5.56 Å². The van der Waals surface area contributed by atoms with Crippen molar-refractivity contribution in [1.29, 1.82) is 0 Å². The summed E-state index contributed by atoms with van der Waals surface area (Å²) in [7, 11) is 3.77. The van der Waals surface area contributed by atoms with Gasteiger partial charge >= 0.3 is 0 Å². The number of nitrogen functional groups attached to an aromatic ring is 1. The normalized spacial score (nSPS) is 14.6. The van der Waals surface area contributed by atoms with E-state index in [0.717, 1.165) is 47.7 Å². The number of para-hydroxylation sites is 2. The summed E-state index contributed by atoms with van der Waals surface area (Å²) in [5.41, 5.74) is 9.98. The minimum absolute atomic E-state index is 0.585. The third-order valence-corrected chi connectivity index (χ3v) is 4.48. The average Bonchev–Trinajstić information content (AvgIpc) is 2.96. The highest BCUT2D eigenvalue weighted by atomic mass is 16.5. The van der Waals surface area contributed by atoms with Gasteiger partial charge in [-0.05, 0) is 31.2 Å². The van der Waals surface area contributed by atoms with E-state index in [0.29, 0.717) is 11.5 Å². The molecule has 1 aliphatic rings.